The second-order valence-corrected chi connectivity index (χ2v) is 9.64. The predicted octanol–water partition coefficient (Wildman–Crippen LogP) is 3.74. The smallest absolute Gasteiger partial charge is 0.243 e. The number of sulfonamides is 1. The van der Waals surface area contributed by atoms with E-state index in [0.717, 1.165) is 17.1 Å². The highest BCUT2D eigenvalue weighted by Crippen LogP contribution is 2.28. The maximum Gasteiger partial charge on any atom is 0.243 e. The monoisotopic (exact) mass is 460 g/mol. The zero-order valence-electron chi connectivity index (χ0n) is 17.4. The van der Waals surface area contributed by atoms with E-state index in [-0.39, 0.29) is 23.1 Å². The van der Waals surface area contributed by atoms with Crippen LogP contribution in [0.3, 0.4) is 0 Å². The Bertz CT molecular complexity index is 1160. The summed E-state index contributed by atoms with van der Waals surface area (Å²) in [6.07, 6.45) is 0.548. The van der Waals surface area contributed by atoms with Gasteiger partial charge in [-0.15, -0.1) is 12.4 Å². The van der Waals surface area contributed by atoms with Gasteiger partial charge in [-0.25, -0.2) is 8.42 Å². The highest BCUT2D eigenvalue weighted by atomic mass is 35.5. The summed E-state index contributed by atoms with van der Waals surface area (Å²) >= 11 is 0. The van der Waals surface area contributed by atoms with E-state index in [1.807, 2.05) is 31.1 Å². The van der Waals surface area contributed by atoms with Crippen molar-refractivity contribution in [2.75, 3.05) is 20.6 Å². The predicted molar refractivity (Wildman–Crippen MR) is 121 cm³/mol. The van der Waals surface area contributed by atoms with Gasteiger partial charge in [-0.05, 0) is 44.4 Å². The molecule has 2 aromatic carbocycles. The Morgan fingerprint density at radius 2 is 1.68 bits per heavy atom. The number of furan rings is 1. The number of fused-ring (bicyclic) bond motifs is 1. The molecule has 0 saturated carbocycles. The van der Waals surface area contributed by atoms with Gasteiger partial charge in [0.05, 0.1) is 11.4 Å². The summed E-state index contributed by atoms with van der Waals surface area (Å²) in [4.78, 5) is 14.7. The van der Waals surface area contributed by atoms with Crippen molar-refractivity contribution in [2.45, 2.75) is 24.4 Å². The summed E-state index contributed by atoms with van der Waals surface area (Å²) in [7, 11) is 0.270. The average Bonchev–Trinajstić information content (AvgIpc) is 3.14. The van der Waals surface area contributed by atoms with Crippen LogP contribution in [0, 0.1) is 0 Å². The van der Waals surface area contributed by atoms with E-state index >= 15 is 0 Å². The lowest BCUT2D eigenvalue weighted by Gasteiger charge is -2.25. The van der Waals surface area contributed by atoms with Crippen molar-refractivity contribution in [2.24, 2.45) is 0 Å². The van der Waals surface area contributed by atoms with E-state index in [0.29, 0.717) is 37.2 Å². The van der Waals surface area contributed by atoms with Gasteiger partial charge in [-0.1, -0.05) is 30.3 Å². The number of ketones is 1. The quantitative estimate of drug-likeness (QED) is 0.524. The minimum Gasteiger partial charge on any atom is -0.464 e. The van der Waals surface area contributed by atoms with Crippen molar-refractivity contribution >= 4 is 28.2 Å². The highest BCUT2D eigenvalue weighted by Gasteiger charge is 2.30. The number of carbonyl (C=O) groups is 1. The molecule has 0 bridgehead atoms. The van der Waals surface area contributed by atoms with Gasteiger partial charge < -0.3 is 9.32 Å². The number of nitrogens with zero attached hydrogens (tertiary/aromatic N) is 2. The van der Waals surface area contributed by atoms with E-state index in [4.69, 9.17) is 4.42 Å². The van der Waals surface area contributed by atoms with Crippen LogP contribution < -0.4 is 0 Å². The summed E-state index contributed by atoms with van der Waals surface area (Å²) in [6.45, 7) is 1.34. The molecular weight excluding hydrogens is 436 g/mol. The first-order valence-corrected chi connectivity index (χ1v) is 11.2. The topological polar surface area (TPSA) is 70.8 Å². The molecule has 0 saturated heterocycles. The molecule has 2 heterocycles. The van der Waals surface area contributed by atoms with Crippen LogP contribution in [0.2, 0.25) is 0 Å². The number of hydrogen-bond donors (Lipinski definition) is 0. The molecule has 0 spiro atoms. The number of hydrogen-bond acceptors (Lipinski definition) is 5. The van der Waals surface area contributed by atoms with Gasteiger partial charge in [-0.2, -0.15) is 4.31 Å². The van der Waals surface area contributed by atoms with Crippen LogP contribution in [0.5, 0.6) is 0 Å². The van der Waals surface area contributed by atoms with Crippen molar-refractivity contribution in [3.05, 3.63) is 88.9 Å². The van der Waals surface area contributed by atoms with Gasteiger partial charge >= 0.3 is 0 Å². The van der Waals surface area contributed by atoms with Crippen LogP contribution in [0.1, 0.15) is 33.0 Å². The summed E-state index contributed by atoms with van der Waals surface area (Å²) < 4.78 is 33.6. The summed E-state index contributed by atoms with van der Waals surface area (Å²) in [5.41, 5.74) is 1.95. The molecule has 1 aromatic heterocycles. The van der Waals surface area contributed by atoms with E-state index in [2.05, 4.69) is 0 Å². The van der Waals surface area contributed by atoms with E-state index in [1.165, 1.54) is 16.4 Å². The van der Waals surface area contributed by atoms with Crippen LogP contribution >= 0.6 is 12.4 Å². The molecule has 1 aliphatic rings. The third kappa shape index (κ3) is 4.91. The molecule has 4 rings (SSSR count). The van der Waals surface area contributed by atoms with Crippen LogP contribution in [0.15, 0.2) is 70.0 Å². The molecule has 0 aliphatic carbocycles. The summed E-state index contributed by atoms with van der Waals surface area (Å²) in [6, 6.07) is 17.0. The lowest BCUT2D eigenvalue weighted by molar-refractivity contribution is 0.103. The molecule has 8 heteroatoms. The highest BCUT2D eigenvalue weighted by molar-refractivity contribution is 7.89. The zero-order valence-corrected chi connectivity index (χ0v) is 19.1. The molecule has 3 aromatic rings. The number of halogens is 1. The van der Waals surface area contributed by atoms with Gasteiger partial charge in [-0.3, -0.25) is 4.79 Å². The largest absolute Gasteiger partial charge is 0.464 e. The summed E-state index contributed by atoms with van der Waals surface area (Å²) in [5.74, 6) is 1.57. The minimum absolute atomic E-state index is 0. The number of rotatable bonds is 6. The Morgan fingerprint density at radius 3 is 2.32 bits per heavy atom. The Morgan fingerprint density at radius 1 is 1.03 bits per heavy atom. The molecule has 164 valence electrons. The number of carbonyl (C=O) groups excluding carboxylic acids is 1. The third-order valence-corrected chi connectivity index (χ3v) is 7.00. The van der Waals surface area contributed by atoms with Crippen molar-refractivity contribution < 1.29 is 17.6 Å². The number of benzene rings is 2. The Kier molecular flexibility index (Phi) is 7.01. The fourth-order valence-corrected chi connectivity index (χ4v) is 5.07. The average molecular weight is 461 g/mol. The van der Waals surface area contributed by atoms with Crippen molar-refractivity contribution in [3.8, 4) is 0 Å². The van der Waals surface area contributed by atoms with E-state index in [1.54, 1.807) is 36.4 Å². The molecule has 0 radical (unpaired) electrons. The van der Waals surface area contributed by atoms with Gasteiger partial charge in [0.1, 0.15) is 11.5 Å². The maximum atomic E-state index is 13.1. The molecular formula is C23H25ClN2O4S. The SMILES string of the molecule is CN(C)Cc1cc2c(o1)CCN(S(=O)(=O)c1ccc(C(=O)c3ccccc3)cc1)C2.Cl. The van der Waals surface area contributed by atoms with Gasteiger partial charge in [0.2, 0.25) is 10.0 Å². The lowest BCUT2D eigenvalue weighted by atomic mass is 10.0. The molecule has 0 amide bonds. The zero-order chi connectivity index (χ0) is 21.3. The van der Waals surface area contributed by atoms with Crippen LogP contribution in [-0.4, -0.2) is 44.0 Å². The van der Waals surface area contributed by atoms with Gasteiger partial charge in [0, 0.05) is 36.2 Å². The first kappa shape index (κ1) is 23.2. The first-order chi connectivity index (χ1) is 14.3. The molecule has 0 atom stereocenters. The molecule has 0 fully saturated rings. The van der Waals surface area contributed by atoms with E-state index < -0.39 is 10.0 Å². The Hall–Kier alpha value is -2.45. The maximum absolute atomic E-state index is 13.1. The fourth-order valence-electron chi connectivity index (χ4n) is 3.65. The summed E-state index contributed by atoms with van der Waals surface area (Å²) in [5, 5.41) is 0. The molecule has 6 nitrogen and oxygen atoms in total. The third-order valence-electron chi connectivity index (χ3n) is 5.14. The normalized spacial score (nSPS) is 14.2. The van der Waals surface area contributed by atoms with Crippen molar-refractivity contribution in [1.29, 1.82) is 0 Å². The second kappa shape index (κ2) is 9.36. The van der Waals surface area contributed by atoms with Crippen LogP contribution in [0.25, 0.3) is 0 Å². The Labute approximate surface area is 188 Å². The second-order valence-electron chi connectivity index (χ2n) is 7.71. The first-order valence-electron chi connectivity index (χ1n) is 9.80. The Balaban J connectivity index is 0.00000272. The molecule has 1 aliphatic heterocycles. The van der Waals surface area contributed by atoms with Gasteiger partial charge in [0.25, 0.3) is 0 Å². The van der Waals surface area contributed by atoms with Crippen LogP contribution in [-0.2, 0) is 29.5 Å². The van der Waals surface area contributed by atoms with Crippen molar-refractivity contribution in [1.82, 2.24) is 9.21 Å². The van der Waals surface area contributed by atoms with Crippen LogP contribution in [0.4, 0.5) is 0 Å². The van der Waals surface area contributed by atoms with Crippen molar-refractivity contribution in [3.63, 3.8) is 0 Å². The molecule has 31 heavy (non-hydrogen) atoms. The van der Waals surface area contributed by atoms with E-state index in [9.17, 15) is 13.2 Å². The van der Waals surface area contributed by atoms with Gasteiger partial charge in [0.15, 0.2) is 5.78 Å². The molecule has 0 unspecified atom stereocenters. The fraction of sp³-hybridized carbons (Fsp3) is 0.261. The molecule has 0 N–H and O–H groups in total. The standard InChI is InChI=1S/C23H24N2O4S.ClH/c1-24(2)16-20-14-19-15-25(13-12-22(19)29-20)30(27,28)21-10-8-18(9-11-21)23(26)17-6-4-3-5-7-17;/h3-11,14H,12-13,15-16H2,1-2H3;1H. The minimum atomic E-state index is -3.66. The lowest BCUT2D eigenvalue weighted by Crippen LogP contribution is -2.35.